The second-order valence-corrected chi connectivity index (χ2v) is 5.23. The Morgan fingerprint density at radius 1 is 1.32 bits per heavy atom. The quantitative estimate of drug-likeness (QED) is 0.905. The van der Waals surface area contributed by atoms with Crippen molar-refractivity contribution in [1.29, 1.82) is 0 Å². The Hall–Kier alpha value is -1.43. The van der Waals surface area contributed by atoms with Crippen LogP contribution in [-0.4, -0.2) is 22.8 Å². The van der Waals surface area contributed by atoms with Crippen LogP contribution in [0.5, 0.6) is 0 Å². The Morgan fingerprint density at radius 3 is 2.74 bits per heavy atom. The summed E-state index contributed by atoms with van der Waals surface area (Å²) in [5.74, 6) is 0.635. The van der Waals surface area contributed by atoms with E-state index in [0.717, 1.165) is 10.0 Å². The van der Waals surface area contributed by atoms with Gasteiger partial charge in [0.2, 0.25) is 0 Å². The first-order chi connectivity index (χ1) is 9.18. The summed E-state index contributed by atoms with van der Waals surface area (Å²) in [5.41, 5.74) is 1.60. The molecule has 2 heterocycles. The van der Waals surface area contributed by atoms with E-state index in [1.165, 1.54) is 4.68 Å². The first-order valence-corrected chi connectivity index (χ1v) is 6.83. The van der Waals surface area contributed by atoms with Crippen LogP contribution >= 0.6 is 15.9 Å². The first-order valence-electron chi connectivity index (χ1n) is 6.04. The average molecular weight is 328 g/mol. The number of halogens is 3. The monoisotopic (exact) mass is 327 g/mol. The summed E-state index contributed by atoms with van der Waals surface area (Å²) in [5, 5.41) is 7.48. The third-order valence-corrected chi connectivity index (χ3v) is 3.99. The van der Waals surface area contributed by atoms with E-state index in [1.54, 1.807) is 0 Å². The van der Waals surface area contributed by atoms with E-state index in [9.17, 15) is 8.78 Å². The number of hydrogen-bond donors (Lipinski definition) is 1. The van der Waals surface area contributed by atoms with Crippen LogP contribution in [0.15, 0.2) is 34.8 Å². The molecule has 0 radical (unpaired) electrons. The molecule has 1 unspecified atom stereocenters. The number of aromatic nitrogens is 2. The number of benzene rings is 1. The van der Waals surface area contributed by atoms with Crippen molar-refractivity contribution < 1.29 is 8.78 Å². The van der Waals surface area contributed by atoms with E-state index in [2.05, 4.69) is 26.3 Å². The number of rotatable bonds is 2. The lowest BCUT2D eigenvalue weighted by Crippen LogP contribution is -2.28. The zero-order valence-corrected chi connectivity index (χ0v) is 11.6. The van der Waals surface area contributed by atoms with Gasteiger partial charge >= 0.3 is 0 Å². The van der Waals surface area contributed by atoms with Gasteiger partial charge in [0.1, 0.15) is 17.6 Å². The van der Waals surface area contributed by atoms with Gasteiger partial charge in [-0.05, 0) is 22.4 Å². The maximum absolute atomic E-state index is 13.0. The Morgan fingerprint density at radius 2 is 2.05 bits per heavy atom. The molecule has 3 rings (SSSR count). The van der Waals surface area contributed by atoms with Gasteiger partial charge in [-0.1, -0.05) is 30.3 Å². The third-order valence-electron chi connectivity index (χ3n) is 3.24. The van der Waals surface area contributed by atoms with E-state index in [4.69, 9.17) is 0 Å². The Bertz CT molecular complexity index is 583. The maximum atomic E-state index is 13.0. The van der Waals surface area contributed by atoms with E-state index >= 15 is 0 Å². The summed E-state index contributed by atoms with van der Waals surface area (Å²) >= 11 is 3.46. The summed E-state index contributed by atoms with van der Waals surface area (Å²) in [6.45, 7) is 0.535. The van der Waals surface area contributed by atoms with Crippen LogP contribution in [0.25, 0.3) is 11.3 Å². The van der Waals surface area contributed by atoms with Gasteiger partial charge in [-0.15, -0.1) is 0 Å². The van der Waals surface area contributed by atoms with Gasteiger partial charge in [0.15, 0.2) is 0 Å². The highest BCUT2D eigenvalue weighted by Crippen LogP contribution is 2.39. The largest absolute Gasteiger partial charge is 0.369 e. The zero-order valence-electron chi connectivity index (χ0n) is 9.98. The highest BCUT2D eigenvalue weighted by molar-refractivity contribution is 9.10. The third kappa shape index (κ3) is 2.14. The summed E-state index contributed by atoms with van der Waals surface area (Å²) < 4.78 is 28.2. The van der Waals surface area contributed by atoms with Gasteiger partial charge in [-0.3, -0.25) is 0 Å². The van der Waals surface area contributed by atoms with E-state index < -0.39 is 12.5 Å². The number of fused-ring (bicyclic) bond motifs is 1. The molecule has 0 fully saturated rings. The van der Waals surface area contributed by atoms with Crippen LogP contribution in [0, 0.1) is 0 Å². The Labute approximate surface area is 117 Å². The molecule has 0 amide bonds. The molecule has 1 aromatic carbocycles. The van der Waals surface area contributed by atoms with Crippen molar-refractivity contribution in [2.75, 3.05) is 11.9 Å². The molecule has 1 atom stereocenters. The fourth-order valence-corrected chi connectivity index (χ4v) is 2.92. The SMILES string of the molecule is FC(F)C1CCNc2c(Br)c(-c3ccccc3)nn21. The van der Waals surface area contributed by atoms with Crippen LogP contribution in [0.4, 0.5) is 14.6 Å². The van der Waals surface area contributed by atoms with Crippen LogP contribution in [0.2, 0.25) is 0 Å². The van der Waals surface area contributed by atoms with Gasteiger partial charge in [-0.25, -0.2) is 13.5 Å². The van der Waals surface area contributed by atoms with Crippen molar-refractivity contribution in [3.63, 3.8) is 0 Å². The fourth-order valence-electron chi connectivity index (χ4n) is 2.29. The van der Waals surface area contributed by atoms with Gasteiger partial charge in [0.05, 0.1) is 4.47 Å². The standard InChI is InChI=1S/C13H12BrF2N3/c14-10-11(8-4-2-1-3-5-8)18-19-9(12(15)16)6-7-17-13(10)19/h1-5,9,12,17H,6-7H2. The number of hydrogen-bond acceptors (Lipinski definition) is 2. The summed E-state index contributed by atoms with van der Waals surface area (Å²) in [4.78, 5) is 0. The van der Waals surface area contributed by atoms with E-state index in [0.29, 0.717) is 24.5 Å². The normalized spacial score (nSPS) is 18.2. The molecule has 0 saturated heterocycles. The summed E-state index contributed by atoms with van der Waals surface area (Å²) in [6, 6.07) is 8.68. The molecule has 0 saturated carbocycles. The van der Waals surface area contributed by atoms with Crippen LogP contribution in [0.3, 0.4) is 0 Å². The zero-order chi connectivity index (χ0) is 13.4. The number of nitrogens with one attached hydrogen (secondary N) is 1. The lowest BCUT2D eigenvalue weighted by atomic mass is 10.1. The minimum atomic E-state index is -2.41. The smallest absolute Gasteiger partial charge is 0.260 e. The molecule has 19 heavy (non-hydrogen) atoms. The van der Waals surface area contributed by atoms with Crippen molar-refractivity contribution >= 4 is 21.7 Å². The fraction of sp³-hybridized carbons (Fsp3) is 0.308. The molecule has 1 aliphatic heterocycles. The van der Waals surface area contributed by atoms with Crippen molar-refractivity contribution in [2.24, 2.45) is 0 Å². The Balaban J connectivity index is 2.10. The highest BCUT2D eigenvalue weighted by atomic mass is 79.9. The van der Waals surface area contributed by atoms with E-state index in [-0.39, 0.29) is 0 Å². The maximum Gasteiger partial charge on any atom is 0.260 e. The molecule has 2 aromatic rings. The minimum absolute atomic E-state index is 0.382. The molecule has 6 heteroatoms. The van der Waals surface area contributed by atoms with Crippen molar-refractivity contribution in [2.45, 2.75) is 18.9 Å². The molecule has 1 aromatic heterocycles. The predicted molar refractivity (Wildman–Crippen MR) is 73.5 cm³/mol. The number of alkyl halides is 2. The van der Waals surface area contributed by atoms with Gasteiger partial charge in [0, 0.05) is 12.1 Å². The van der Waals surface area contributed by atoms with E-state index in [1.807, 2.05) is 30.3 Å². The highest BCUT2D eigenvalue weighted by Gasteiger charge is 2.31. The molecule has 0 bridgehead atoms. The molecule has 0 aliphatic carbocycles. The summed E-state index contributed by atoms with van der Waals surface area (Å²) in [6.07, 6.45) is -2.02. The van der Waals surface area contributed by atoms with Crippen molar-refractivity contribution in [3.05, 3.63) is 34.8 Å². The lowest BCUT2D eigenvalue weighted by Gasteiger charge is -2.24. The van der Waals surface area contributed by atoms with Crippen LogP contribution in [-0.2, 0) is 0 Å². The van der Waals surface area contributed by atoms with Gasteiger partial charge < -0.3 is 5.32 Å². The topological polar surface area (TPSA) is 29.9 Å². The molecule has 1 N–H and O–H groups in total. The lowest BCUT2D eigenvalue weighted by molar-refractivity contribution is 0.0716. The molecule has 3 nitrogen and oxygen atoms in total. The molecule has 1 aliphatic rings. The van der Waals surface area contributed by atoms with Crippen LogP contribution < -0.4 is 5.32 Å². The number of anilines is 1. The molecule has 100 valence electrons. The van der Waals surface area contributed by atoms with Crippen molar-refractivity contribution in [3.8, 4) is 11.3 Å². The van der Waals surface area contributed by atoms with Gasteiger partial charge in [-0.2, -0.15) is 5.10 Å². The Kier molecular flexibility index (Phi) is 3.26. The molecule has 0 spiro atoms. The second kappa shape index (κ2) is 4.92. The van der Waals surface area contributed by atoms with Gasteiger partial charge in [0.25, 0.3) is 6.43 Å². The average Bonchev–Trinajstić information content (AvgIpc) is 2.77. The molecular formula is C13H12BrF2N3. The molecular weight excluding hydrogens is 316 g/mol. The van der Waals surface area contributed by atoms with Crippen LogP contribution in [0.1, 0.15) is 12.5 Å². The number of nitrogens with zero attached hydrogens (tertiary/aromatic N) is 2. The van der Waals surface area contributed by atoms with Crippen molar-refractivity contribution in [1.82, 2.24) is 9.78 Å². The minimum Gasteiger partial charge on any atom is -0.369 e. The second-order valence-electron chi connectivity index (χ2n) is 4.44. The summed E-state index contributed by atoms with van der Waals surface area (Å²) in [7, 11) is 0. The predicted octanol–water partition coefficient (Wildman–Crippen LogP) is 3.93. The first kappa shape index (κ1) is 12.6.